The molecule has 0 radical (unpaired) electrons. The van der Waals surface area contributed by atoms with Gasteiger partial charge in [0.15, 0.2) is 0 Å². The predicted octanol–water partition coefficient (Wildman–Crippen LogP) is -1.01. The number of ketones is 1. The second kappa shape index (κ2) is 10.5. The summed E-state index contributed by atoms with van der Waals surface area (Å²) >= 11 is 0. The molecule has 4 rings (SSSR count). The summed E-state index contributed by atoms with van der Waals surface area (Å²) in [7, 11) is 0. The van der Waals surface area contributed by atoms with Crippen molar-refractivity contribution in [1.29, 1.82) is 0 Å². The zero-order valence-electron chi connectivity index (χ0n) is 20.0. The zero-order valence-corrected chi connectivity index (χ0v) is 20.0. The first kappa shape index (κ1) is 25.9. The second-order valence-electron chi connectivity index (χ2n) is 9.48. The van der Waals surface area contributed by atoms with Gasteiger partial charge in [0.25, 0.3) is 11.1 Å². The Labute approximate surface area is 204 Å². The van der Waals surface area contributed by atoms with E-state index in [1.165, 1.54) is 21.5 Å². The molecule has 0 unspecified atom stereocenters. The molecule has 0 aromatic carbocycles. The number of aliphatic hydroxyl groups is 2. The normalized spacial score (nSPS) is 28.0. The summed E-state index contributed by atoms with van der Waals surface area (Å²) in [5.41, 5.74) is -1.57. The van der Waals surface area contributed by atoms with Crippen molar-refractivity contribution in [1.82, 2.24) is 19.1 Å². The topological polar surface area (TPSA) is 186 Å². The van der Waals surface area contributed by atoms with Crippen molar-refractivity contribution in [3.63, 3.8) is 0 Å². The maximum Gasteiger partial charge on any atom is 0.330 e. The minimum atomic E-state index is -0.887. The standard InChI is InChI=1S/C23H30N4O9/c1-11-8-26(22(33)24-20(11)31)18-6-13(17(10-28)36-18)5-14(29)3-4-16-15(30)7-19(35-16)27-9-12(2)21(32)25-23(27)34/h8-9,13,15-19,28,30H,3-7,10H2,1-2H3,(H,24,31,33)(H,25,32,34)/t13-,15-,16+,17+,18+,19+/m0/s1. The number of hydrogen-bond acceptors (Lipinski definition) is 9. The summed E-state index contributed by atoms with van der Waals surface area (Å²) in [5.74, 6) is -0.458. The van der Waals surface area contributed by atoms with Gasteiger partial charge in [0, 0.05) is 42.8 Å². The van der Waals surface area contributed by atoms with Crippen LogP contribution in [0.5, 0.6) is 0 Å². The van der Waals surface area contributed by atoms with E-state index in [4.69, 9.17) is 9.47 Å². The van der Waals surface area contributed by atoms with Crippen LogP contribution in [0.15, 0.2) is 31.6 Å². The number of H-pyrrole nitrogens is 2. The number of aryl methyl sites for hydroxylation is 2. The van der Waals surface area contributed by atoms with E-state index in [9.17, 15) is 34.2 Å². The van der Waals surface area contributed by atoms with Gasteiger partial charge in [-0.25, -0.2) is 9.59 Å². The van der Waals surface area contributed by atoms with Gasteiger partial charge in [0.1, 0.15) is 18.2 Å². The molecule has 2 aromatic rings. The quantitative estimate of drug-likeness (QED) is 0.348. The molecular formula is C23H30N4O9. The van der Waals surface area contributed by atoms with E-state index in [1.54, 1.807) is 13.8 Å². The number of hydrogen-bond donors (Lipinski definition) is 4. The van der Waals surface area contributed by atoms with Crippen LogP contribution >= 0.6 is 0 Å². The zero-order chi connectivity index (χ0) is 26.1. The number of rotatable bonds is 8. The Hall–Kier alpha value is -3.13. The van der Waals surface area contributed by atoms with Crippen LogP contribution in [0.4, 0.5) is 0 Å². The molecule has 0 amide bonds. The van der Waals surface area contributed by atoms with Crippen molar-refractivity contribution >= 4 is 5.78 Å². The Kier molecular flexibility index (Phi) is 7.54. The summed E-state index contributed by atoms with van der Waals surface area (Å²) in [5, 5.41) is 20.1. The van der Waals surface area contributed by atoms with Crippen LogP contribution in [0.2, 0.25) is 0 Å². The first-order valence-corrected chi connectivity index (χ1v) is 11.8. The number of nitrogens with zero attached hydrogens (tertiary/aromatic N) is 2. The number of nitrogens with one attached hydrogen (secondary N) is 2. The third kappa shape index (κ3) is 5.33. The summed E-state index contributed by atoms with van der Waals surface area (Å²) in [6.07, 6.45) is -0.0183. The highest BCUT2D eigenvalue weighted by Crippen LogP contribution is 2.36. The van der Waals surface area contributed by atoms with Gasteiger partial charge in [-0.2, -0.15) is 0 Å². The molecule has 0 spiro atoms. The van der Waals surface area contributed by atoms with Crippen molar-refractivity contribution < 1.29 is 24.5 Å². The Morgan fingerprint density at radius 1 is 0.944 bits per heavy atom. The molecule has 2 saturated heterocycles. The van der Waals surface area contributed by atoms with Gasteiger partial charge in [0.05, 0.1) is 24.9 Å². The van der Waals surface area contributed by atoms with Crippen molar-refractivity contribution in [2.45, 2.75) is 76.7 Å². The molecule has 13 heteroatoms. The average Bonchev–Trinajstić information content (AvgIpc) is 3.40. The van der Waals surface area contributed by atoms with Gasteiger partial charge in [-0.3, -0.25) is 33.5 Å². The summed E-state index contributed by atoms with van der Waals surface area (Å²) in [4.78, 5) is 64.7. The van der Waals surface area contributed by atoms with Crippen LogP contribution in [-0.4, -0.2) is 60.0 Å². The lowest BCUT2D eigenvalue weighted by molar-refractivity contribution is -0.122. The maximum absolute atomic E-state index is 12.7. The van der Waals surface area contributed by atoms with Crippen LogP contribution in [0.3, 0.4) is 0 Å². The average molecular weight is 507 g/mol. The second-order valence-corrected chi connectivity index (χ2v) is 9.48. The van der Waals surface area contributed by atoms with Crippen LogP contribution in [0.1, 0.15) is 55.7 Å². The molecular weight excluding hydrogens is 476 g/mol. The van der Waals surface area contributed by atoms with Gasteiger partial charge in [-0.15, -0.1) is 0 Å². The van der Waals surface area contributed by atoms with E-state index in [1.807, 2.05) is 0 Å². The first-order valence-electron chi connectivity index (χ1n) is 11.8. The van der Waals surface area contributed by atoms with E-state index in [0.29, 0.717) is 17.5 Å². The molecule has 2 aliphatic rings. The van der Waals surface area contributed by atoms with E-state index in [0.717, 1.165) is 0 Å². The number of aliphatic hydroxyl groups excluding tert-OH is 2. The lowest BCUT2D eigenvalue weighted by Gasteiger charge is -2.17. The molecule has 4 heterocycles. The van der Waals surface area contributed by atoms with Crippen LogP contribution < -0.4 is 22.5 Å². The molecule has 0 bridgehead atoms. The fourth-order valence-electron chi connectivity index (χ4n) is 4.81. The molecule has 0 saturated carbocycles. The minimum absolute atomic E-state index is 0.101. The highest BCUT2D eigenvalue weighted by atomic mass is 16.5. The fourth-order valence-corrected chi connectivity index (χ4v) is 4.81. The smallest absolute Gasteiger partial charge is 0.330 e. The molecule has 36 heavy (non-hydrogen) atoms. The number of Topliss-reactive ketones (excluding diaryl/α,β-unsaturated/α-hetero) is 1. The number of aromatic amines is 2. The molecule has 0 aliphatic carbocycles. The highest BCUT2D eigenvalue weighted by Gasteiger charge is 2.39. The SMILES string of the molecule is Cc1cn([C@H]2C[C@H](CC(=O)CC[C@H]3O[C@@H](n4cc(C)c(=O)[nH]c4=O)C[C@@H]3O)[C@@H](CO)O2)c(=O)[nH]c1=O. The molecule has 4 N–H and O–H groups in total. The van der Waals surface area contributed by atoms with Crippen molar-refractivity contribution in [2.75, 3.05) is 6.61 Å². The number of carbonyl (C=O) groups excluding carboxylic acids is 1. The lowest BCUT2D eigenvalue weighted by atomic mass is 9.92. The lowest BCUT2D eigenvalue weighted by Crippen LogP contribution is -2.33. The molecule has 196 valence electrons. The Morgan fingerprint density at radius 2 is 1.47 bits per heavy atom. The van der Waals surface area contributed by atoms with Crippen LogP contribution in [0, 0.1) is 19.8 Å². The van der Waals surface area contributed by atoms with E-state index in [2.05, 4.69) is 9.97 Å². The Morgan fingerprint density at radius 3 is 2.03 bits per heavy atom. The van der Waals surface area contributed by atoms with E-state index in [-0.39, 0.29) is 44.0 Å². The van der Waals surface area contributed by atoms with Crippen molar-refractivity contribution in [2.24, 2.45) is 5.92 Å². The Bertz CT molecular complexity index is 1360. The molecule has 13 nitrogen and oxygen atoms in total. The first-order chi connectivity index (χ1) is 17.1. The molecule has 2 fully saturated rings. The van der Waals surface area contributed by atoms with Crippen LogP contribution in [0.25, 0.3) is 0 Å². The largest absolute Gasteiger partial charge is 0.394 e. The van der Waals surface area contributed by atoms with E-state index < -0.39 is 53.3 Å². The summed E-state index contributed by atoms with van der Waals surface area (Å²) < 4.78 is 14.1. The molecule has 2 aliphatic heterocycles. The Balaban J connectivity index is 1.35. The number of carbonyl (C=O) groups is 1. The monoisotopic (exact) mass is 506 g/mol. The van der Waals surface area contributed by atoms with Gasteiger partial charge in [0.2, 0.25) is 0 Å². The summed E-state index contributed by atoms with van der Waals surface area (Å²) in [6, 6.07) is 0. The summed E-state index contributed by atoms with van der Waals surface area (Å²) in [6.45, 7) is 2.79. The predicted molar refractivity (Wildman–Crippen MR) is 125 cm³/mol. The molecule has 2 aromatic heterocycles. The van der Waals surface area contributed by atoms with Crippen molar-refractivity contribution in [3.05, 3.63) is 65.2 Å². The van der Waals surface area contributed by atoms with Gasteiger partial charge >= 0.3 is 11.4 Å². The number of ether oxygens (including phenoxy) is 2. The molecule has 6 atom stereocenters. The third-order valence-corrected chi connectivity index (χ3v) is 6.86. The van der Waals surface area contributed by atoms with Gasteiger partial charge in [-0.05, 0) is 32.6 Å². The van der Waals surface area contributed by atoms with Gasteiger partial charge in [-0.1, -0.05) is 0 Å². The minimum Gasteiger partial charge on any atom is -0.394 e. The van der Waals surface area contributed by atoms with E-state index >= 15 is 0 Å². The van der Waals surface area contributed by atoms with Crippen molar-refractivity contribution in [3.8, 4) is 0 Å². The fraction of sp³-hybridized carbons (Fsp3) is 0.609. The van der Waals surface area contributed by atoms with Crippen LogP contribution in [-0.2, 0) is 14.3 Å². The number of aromatic nitrogens is 4. The highest BCUT2D eigenvalue weighted by molar-refractivity contribution is 5.78. The maximum atomic E-state index is 12.7. The third-order valence-electron chi connectivity index (χ3n) is 6.86. The van der Waals surface area contributed by atoms with Gasteiger partial charge < -0.3 is 19.7 Å².